The molecule has 0 amide bonds. The minimum absolute atomic E-state index is 0.220. The van der Waals surface area contributed by atoms with Gasteiger partial charge in [0, 0.05) is 26.3 Å². The van der Waals surface area contributed by atoms with Gasteiger partial charge in [-0.05, 0) is 18.2 Å². The molecule has 116 valence electrons. The normalized spacial score (nSPS) is 11.0. The fraction of sp³-hybridized carbons (Fsp3) is 0.250. The number of pyridine rings is 2. The van der Waals surface area contributed by atoms with E-state index in [1.807, 2.05) is 12.1 Å². The number of nitrogens with two attached hydrogens (primary N) is 1. The van der Waals surface area contributed by atoms with Crippen molar-refractivity contribution in [2.24, 2.45) is 0 Å². The molecular weight excluding hydrogens is 294 g/mol. The van der Waals surface area contributed by atoms with Crippen molar-refractivity contribution in [3.8, 4) is 6.07 Å². The number of nitriles is 1. The number of methoxy groups -OCH3 is 1. The molecule has 0 saturated heterocycles. The molecule has 0 saturated carbocycles. The smallest absolute Gasteiger partial charge is 0.278 e. The Labute approximate surface area is 132 Å². The zero-order valence-corrected chi connectivity index (χ0v) is 12.7. The highest BCUT2D eigenvalue weighted by molar-refractivity contribution is 5.76. The first kappa shape index (κ1) is 14.9. The summed E-state index contributed by atoms with van der Waals surface area (Å²) in [6, 6.07) is 8.88. The van der Waals surface area contributed by atoms with Crippen LogP contribution in [0.3, 0.4) is 0 Å². The van der Waals surface area contributed by atoms with E-state index >= 15 is 0 Å². The van der Waals surface area contributed by atoms with Crippen molar-refractivity contribution in [1.82, 2.24) is 9.38 Å². The molecule has 0 fully saturated rings. The Hall–Kier alpha value is -2.98. The molecule has 23 heavy (non-hydrogen) atoms. The number of hydrogen-bond acceptors (Lipinski definition) is 5. The van der Waals surface area contributed by atoms with E-state index in [9.17, 15) is 10.1 Å². The van der Waals surface area contributed by atoms with E-state index in [0.29, 0.717) is 42.1 Å². The summed E-state index contributed by atoms with van der Waals surface area (Å²) < 4.78 is 8.23. The molecule has 0 atom stereocenters. The van der Waals surface area contributed by atoms with Crippen LogP contribution in [-0.2, 0) is 11.3 Å². The van der Waals surface area contributed by atoms with Crippen LogP contribution in [-0.4, -0.2) is 23.1 Å². The van der Waals surface area contributed by atoms with Crippen molar-refractivity contribution in [1.29, 1.82) is 5.26 Å². The Bertz CT molecular complexity index is 988. The summed E-state index contributed by atoms with van der Waals surface area (Å²) >= 11 is 0. The molecule has 2 N–H and O–H groups in total. The van der Waals surface area contributed by atoms with Crippen molar-refractivity contribution in [3.05, 3.63) is 46.4 Å². The number of hydrogen-bond donors (Lipinski definition) is 1. The van der Waals surface area contributed by atoms with E-state index in [2.05, 4.69) is 4.98 Å². The third-order valence-corrected chi connectivity index (χ3v) is 3.71. The quantitative estimate of drug-likeness (QED) is 0.433. The van der Waals surface area contributed by atoms with Gasteiger partial charge in [-0.1, -0.05) is 11.1 Å². The van der Waals surface area contributed by atoms with Gasteiger partial charge in [0.2, 0.25) is 11.5 Å². The highest BCUT2D eigenvalue weighted by Gasteiger charge is 2.20. The van der Waals surface area contributed by atoms with Crippen LogP contribution in [0.1, 0.15) is 12.0 Å². The molecule has 0 aliphatic heterocycles. The molecule has 3 aromatic heterocycles. The van der Waals surface area contributed by atoms with Gasteiger partial charge in [-0.2, -0.15) is 5.26 Å². The van der Waals surface area contributed by atoms with Gasteiger partial charge in [-0.25, -0.2) is 4.57 Å². The monoisotopic (exact) mass is 310 g/mol. The molecule has 7 nitrogen and oxygen atoms in total. The largest absolute Gasteiger partial charge is 0.385 e. The van der Waals surface area contributed by atoms with Crippen molar-refractivity contribution in [2.75, 3.05) is 19.5 Å². The average Bonchev–Trinajstić information content (AvgIpc) is 2.57. The van der Waals surface area contributed by atoms with E-state index in [1.165, 1.54) is 10.5 Å². The Morgan fingerprint density at radius 2 is 2.30 bits per heavy atom. The van der Waals surface area contributed by atoms with Crippen LogP contribution in [0.25, 0.3) is 16.7 Å². The Kier molecular flexibility index (Phi) is 3.91. The minimum Gasteiger partial charge on any atom is -0.385 e. The lowest BCUT2D eigenvalue weighted by Crippen LogP contribution is -2.41. The summed E-state index contributed by atoms with van der Waals surface area (Å²) in [5.74, 6) is 0.309. The zero-order valence-electron chi connectivity index (χ0n) is 12.7. The summed E-state index contributed by atoms with van der Waals surface area (Å²) in [4.78, 5) is 17.2. The number of rotatable bonds is 4. The molecular formula is C16H16N5O2+. The minimum atomic E-state index is -0.220. The number of nitrogens with zero attached hydrogens (tertiary/aromatic N) is 4. The van der Waals surface area contributed by atoms with Crippen LogP contribution < -0.4 is 15.9 Å². The Morgan fingerprint density at radius 1 is 1.48 bits per heavy atom. The topological polar surface area (TPSA) is 97.3 Å². The van der Waals surface area contributed by atoms with Gasteiger partial charge in [-0.15, -0.1) is 0 Å². The zero-order chi connectivity index (χ0) is 16.4. The molecule has 0 aliphatic carbocycles. The standard InChI is InChI=1S/C16H15N5O2/c1-23-8-4-7-21-14(18)11(10-17)9-12-15(21)19-13-5-2-3-6-20(13)16(12)22/h2-3,5-6,9,18H,4,7-8H2,1H3/p+1. The Balaban J connectivity index is 2.36. The fourth-order valence-corrected chi connectivity index (χ4v) is 2.58. The van der Waals surface area contributed by atoms with Crippen LogP contribution in [0.4, 0.5) is 5.82 Å². The van der Waals surface area contributed by atoms with E-state index in [0.717, 1.165) is 0 Å². The van der Waals surface area contributed by atoms with Crippen molar-refractivity contribution >= 4 is 22.5 Å². The van der Waals surface area contributed by atoms with Crippen LogP contribution in [0.5, 0.6) is 0 Å². The van der Waals surface area contributed by atoms with Crippen LogP contribution >= 0.6 is 0 Å². The SMILES string of the molecule is COCCC[n+]1c(N)c(C#N)cc2c(=O)n3ccccc3nc21. The first-order valence-electron chi connectivity index (χ1n) is 7.20. The molecule has 0 aliphatic rings. The van der Waals surface area contributed by atoms with E-state index < -0.39 is 0 Å². The molecule has 0 unspecified atom stereocenters. The first-order valence-corrected chi connectivity index (χ1v) is 7.20. The lowest BCUT2D eigenvalue weighted by atomic mass is 10.2. The molecule has 3 aromatic rings. The van der Waals surface area contributed by atoms with Gasteiger partial charge in [0.25, 0.3) is 11.2 Å². The number of ether oxygens (including phenoxy) is 1. The second-order valence-corrected chi connectivity index (χ2v) is 5.14. The second-order valence-electron chi connectivity index (χ2n) is 5.14. The highest BCUT2D eigenvalue weighted by Crippen LogP contribution is 2.13. The van der Waals surface area contributed by atoms with Crippen molar-refractivity contribution < 1.29 is 9.30 Å². The summed E-state index contributed by atoms with van der Waals surface area (Å²) in [5.41, 5.74) is 7.15. The van der Waals surface area contributed by atoms with Crippen molar-refractivity contribution in [3.63, 3.8) is 0 Å². The number of aryl methyl sites for hydroxylation is 1. The van der Waals surface area contributed by atoms with Gasteiger partial charge in [-0.3, -0.25) is 9.20 Å². The molecule has 3 rings (SSSR count). The van der Waals surface area contributed by atoms with Crippen LogP contribution in [0.15, 0.2) is 35.3 Å². The number of nitrogen functional groups attached to an aromatic ring is 1. The molecule has 7 heteroatoms. The van der Waals surface area contributed by atoms with E-state index in [4.69, 9.17) is 10.5 Å². The maximum atomic E-state index is 12.7. The molecule has 3 heterocycles. The summed E-state index contributed by atoms with van der Waals surface area (Å²) in [6.45, 7) is 1.07. The summed E-state index contributed by atoms with van der Waals surface area (Å²) in [5, 5.41) is 9.65. The maximum Gasteiger partial charge on any atom is 0.278 e. The number of aromatic nitrogens is 3. The number of fused-ring (bicyclic) bond motifs is 2. The van der Waals surface area contributed by atoms with Gasteiger partial charge >= 0.3 is 0 Å². The lowest BCUT2D eigenvalue weighted by molar-refractivity contribution is -0.659. The van der Waals surface area contributed by atoms with Gasteiger partial charge in [0.15, 0.2) is 0 Å². The molecule has 0 bridgehead atoms. The van der Waals surface area contributed by atoms with Gasteiger partial charge in [0.05, 0.1) is 6.54 Å². The van der Waals surface area contributed by atoms with E-state index in [-0.39, 0.29) is 11.1 Å². The average molecular weight is 310 g/mol. The lowest BCUT2D eigenvalue weighted by Gasteiger charge is -2.09. The fourth-order valence-electron chi connectivity index (χ4n) is 2.58. The molecule has 0 spiro atoms. The summed E-state index contributed by atoms with van der Waals surface area (Å²) in [7, 11) is 1.62. The number of anilines is 1. The third-order valence-electron chi connectivity index (χ3n) is 3.71. The molecule has 0 aromatic carbocycles. The predicted octanol–water partition coefficient (Wildman–Crippen LogP) is 0.626. The van der Waals surface area contributed by atoms with Crippen LogP contribution in [0.2, 0.25) is 0 Å². The highest BCUT2D eigenvalue weighted by atomic mass is 16.5. The van der Waals surface area contributed by atoms with Crippen molar-refractivity contribution in [2.45, 2.75) is 13.0 Å². The van der Waals surface area contributed by atoms with Crippen LogP contribution in [0, 0.1) is 11.3 Å². The summed E-state index contributed by atoms with van der Waals surface area (Å²) in [6.07, 6.45) is 2.35. The first-order chi connectivity index (χ1) is 11.2. The Morgan fingerprint density at radius 3 is 3.04 bits per heavy atom. The van der Waals surface area contributed by atoms with E-state index in [1.54, 1.807) is 30.0 Å². The molecule has 0 radical (unpaired) electrons. The third kappa shape index (κ3) is 2.49. The van der Waals surface area contributed by atoms with Gasteiger partial charge < -0.3 is 10.5 Å². The van der Waals surface area contributed by atoms with Gasteiger partial charge in [0.1, 0.15) is 17.0 Å². The predicted molar refractivity (Wildman–Crippen MR) is 84.8 cm³/mol. The second kappa shape index (κ2) is 6.02. The maximum absolute atomic E-state index is 12.7.